The van der Waals surface area contributed by atoms with Crippen molar-refractivity contribution in [3.05, 3.63) is 35.9 Å². The lowest BCUT2D eigenvalue weighted by Crippen LogP contribution is -2.57. The summed E-state index contributed by atoms with van der Waals surface area (Å²) in [5, 5.41) is 48.1. The maximum atomic E-state index is 12.2. The molecule has 0 heterocycles. The predicted molar refractivity (Wildman–Crippen MR) is 105 cm³/mol. The van der Waals surface area contributed by atoms with Crippen LogP contribution >= 0.6 is 11.8 Å². The number of hydrogen-bond acceptors (Lipinski definition) is 8. The maximum Gasteiger partial charge on any atom is 0.336 e. The molecule has 0 fully saturated rings. The molecule has 1 aromatic carbocycles. The van der Waals surface area contributed by atoms with E-state index in [9.17, 15) is 34.7 Å². The SMILES string of the molecule is N#CSC(Cc1ccccc1)(C(=O)O)N(CCN(CC(=O)O)CC(=O)O)CC(=O)O. The zero-order valence-electron chi connectivity index (χ0n) is 15.8. The summed E-state index contributed by atoms with van der Waals surface area (Å²) in [4.78, 5) is 45.7. The first-order valence-electron chi connectivity index (χ1n) is 8.58. The molecule has 0 spiro atoms. The van der Waals surface area contributed by atoms with Crippen molar-refractivity contribution in [1.82, 2.24) is 9.80 Å². The highest BCUT2D eigenvalue weighted by Gasteiger charge is 2.46. The number of carboxylic acid groups (broad SMARTS) is 4. The Morgan fingerprint density at radius 3 is 1.87 bits per heavy atom. The fourth-order valence-electron chi connectivity index (χ4n) is 2.82. The monoisotopic (exact) mass is 439 g/mol. The van der Waals surface area contributed by atoms with Gasteiger partial charge in [0, 0.05) is 19.5 Å². The largest absolute Gasteiger partial charge is 0.480 e. The van der Waals surface area contributed by atoms with E-state index >= 15 is 0 Å². The molecule has 1 unspecified atom stereocenters. The number of carboxylic acids is 4. The Bertz CT molecular complexity index is 797. The minimum Gasteiger partial charge on any atom is -0.480 e. The summed E-state index contributed by atoms with van der Waals surface area (Å²) < 4.78 is 0. The van der Waals surface area contributed by atoms with E-state index in [4.69, 9.17) is 10.2 Å². The van der Waals surface area contributed by atoms with Gasteiger partial charge in [0.1, 0.15) is 5.40 Å². The third-order valence-electron chi connectivity index (χ3n) is 4.08. The number of carbonyl (C=O) groups is 4. The fraction of sp³-hybridized carbons (Fsp3) is 0.389. The number of nitrogens with zero attached hydrogens (tertiary/aromatic N) is 3. The van der Waals surface area contributed by atoms with E-state index in [1.807, 2.05) is 0 Å². The molecule has 0 saturated heterocycles. The maximum absolute atomic E-state index is 12.2. The van der Waals surface area contributed by atoms with E-state index in [0.29, 0.717) is 17.3 Å². The van der Waals surface area contributed by atoms with Gasteiger partial charge in [-0.1, -0.05) is 30.3 Å². The van der Waals surface area contributed by atoms with E-state index in [0.717, 1.165) is 9.80 Å². The van der Waals surface area contributed by atoms with E-state index in [-0.39, 0.29) is 19.5 Å². The minimum absolute atomic E-state index is 0.202. The van der Waals surface area contributed by atoms with Crippen LogP contribution in [0.4, 0.5) is 0 Å². The van der Waals surface area contributed by atoms with Crippen LogP contribution in [0.15, 0.2) is 30.3 Å². The van der Waals surface area contributed by atoms with E-state index in [1.54, 1.807) is 35.7 Å². The van der Waals surface area contributed by atoms with Gasteiger partial charge in [-0.15, -0.1) is 0 Å². The quantitative estimate of drug-likeness (QED) is 0.227. The van der Waals surface area contributed by atoms with Gasteiger partial charge in [-0.25, -0.2) is 4.79 Å². The molecule has 0 radical (unpaired) electrons. The van der Waals surface area contributed by atoms with Crippen LogP contribution < -0.4 is 0 Å². The van der Waals surface area contributed by atoms with Crippen LogP contribution in [-0.4, -0.2) is 91.7 Å². The first-order chi connectivity index (χ1) is 14.1. The Kier molecular flexibility index (Phi) is 9.76. The van der Waals surface area contributed by atoms with Crippen molar-refractivity contribution in [3.63, 3.8) is 0 Å². The van der Waals surface area contributed by atoms with Gasteiger partial charge in [-0.2, -0.15) is 5.26 Å². The first kappa shape index (κ1) is 24.9. The highest BCUT2D eigenvalue weighted by Crippen LogP contribution is 2.33. The third-order valence-corrected chi connectivity index (χ3v) is 5.08. The molecule has 0 amide bonds. The van der Waals surface area contributed by atoms with Crippen LogP contribution in [0, 0.1) is 10.7 Å². The van der Waals surface area contributed by atoms with Gasteiger partial charge in [0.15, 0.2) is 4.87 Å². The van der Waals surface area contributed by atoms with Crippen molar-refractivity contribution in [2.45, 2.75) is 11.3 Å². The molecule has 0 aliphatic rings. The molecular weight excluding hydrogens is 418 g/mol. The molecule has 1 rings (SSSR count). The summed E-state index contributed by atoms with van der Waals surface area (Å²) in [5.41, 5.74) is 0.547. The van der Waals surface area contributed by atoms with Crippen molar-refractivity contribution in [2.75, 3.05) is 32.7 Å². The Morgan fingerprint density at radius 1 is 0.900 bits per heavy atom. The van der Waals surface area contributed by atoms with Crippen molar-refractivity contribution in [2.24, 2.45) is 0 Å². The van der Waals surface area contributed by atoms with E-state index in [1.165, 1.54) is 0 Å². The lowest BCUT2D eigenvalue weighted by molar-refractivity contribution is -0.150. The molecule has 11 nitrogen and oxygen atoms in total. The van der Waals surface area contributed by atoms with E-state index in [2.05, 4.69) is 0 Å². The van der Waals surface area contributed by atoms with Crippen LogP contribution in [-0.2, 0) is 25.6 Å². The zero-order chi connectivity index (χ0) is 22.7. The number of nitriles is 1. The van der Waals surface area contributed by atoms with Crippen LogP contribution in [0.3, 0.4) is 0 Å². The van der Waals surface area contributed by atoms with Crippen LogP contribution in [0.5, 0.6) is 0 Å². The summed E-state index contributed by atoms with van der Waals surface area (Å²) in [6.45, 7) is -2.53. The summed E-state index contributed by atoms with van der Waals surface area (Å²) in [7, 11) is 0. The van der Waals surface area contributed by atoms with Gasteiger partial charge in [-0.05, 0) is 17.3 Å². The number of benzene rings is 1. The second-order valence-corrected chi connectivity index (χ2v) is 7.32. The molecule has 0 aromatic heterocycles. The fourth-order valence-corrected chi connectivity index (χ4v) is 3.59. The van der Waals surface area contributed by atoms with Gasteiger partial charge < -0.3 is 20.4 Å². The highest BCUT2D eigenvalue weighted by molar-refractivity contribution is 8.05. The number of aliphatic carboxylic acids is 4. The third kappa shape index (κ3) is 7.70. The molecule has 30 heavy (non-hydrogen) atoms. The lowest BCUT2D eigenvalue weighted by Gasteiger charge is -2.38. The van der Waals surface area contributed by atoms with Gasteiger partial charge in [0.25, 0.3) is 0 Å². The number of thiocyanates is 1. The average Bonchev–Trinajstić information content (AvgIpc) is 2.64. The standard InChI is InChI=1S/C18H21N3O8S/c19-12-30-18(17(28)29,8-13-4-2-1-3-5-13)21(11-16(26)27)7-6-20(9-14(22)23)10-15(24)25/h1-5H,6-11H2,(H,22,23)(H,24,25)(H,26,27)(H,28,29). The second kappa shape index (κ2) is 11.8. The molecule has 1 atom stereocenters. The summed E-state index contributed by atoms with van der Waals surface area (Å²) >= 11 is 0.374. The Morgan fingerprint density at radius 2 is 1.43 bits per heavy atom. The molecule has 12 heteroatoms. The lowest BCUT2D eigenvalue weighted by atomic mass is 10.0. The summed E-state index contributed by atoms with van der Waals surface area (Å²) in [6.07, 6.45) is -0.202. The first-order valence-corrected chi connectivity index (χ1v) is 9.39. The summed E-state index contributed by atoms with van der Waals surface area (Å²) in [5.74, 6) is -5.38. The van der Waals surface area contributed by atoms with Gasteiger partial charge in [-0.3, -0.25) is 24.2 Å². The molecule has 0 saturated carbocycles. The molecule has 0 bridgehead atoms. The van der Waals surface area contributed by atoms with Crippen molar-refractivity contribution in [1.29, 1.82) is 5.26 Å². The topological polar surface area (TPSA) is 179 Å². The number of rotatable bonds is 14. The highest BCUT2D eigenvalue weighted by atomic mass is 32.2. The number of thioether (sulfide) groups is 1. The Balaban J connectivity index is 3.26. The molecule has 1 aromatic rings. The van der Waals surface area contributed by atoms with Crippen LogP contribution in [0.25, 0.3) is 0 Å². The molecule has 0 aliphatic carbocycles. The second-order valence-electron chi connectivity index (χ2n) is 6.26. The Labute approximate surface area is 176 Å². The molecule has 4 N–H and O–H groups in total. The van der Waals surface area contributed by atoms with Gasteiger partial charge in [0.2, 0.25) is 0 Å². The van der Waals surface area contributed by atoms with Gasteiger partial charge >= 0.3 is 23.9 Å². The van der Waals surface area contributed by atoms with Crippen molar-refractivity contribution in [3.8, 4) is 5.40 Å². The zero-order valence-corrected chi connectivity index (χ0v) is 16.6. The van der Waals surface area contributed by atoms with Crippen LogP contribution in [0.1, 0.15) is 5.56 Å². The smallest absolute Gasteiger partial charge is 0.336 e. The molecular formula is C18H21N3O8S. The Hall–Kier alpha value is -3.14. The normalized spacial score (nSPS) is 12.8. The van der Waals surface area contributed by atoms with Crippen molar-refractivity contribution >= 4 is 35.6 Å². The molecule has 162 valence electrons. The van der Waals surface area contributed by atoms with E-state index < -0.39 is 48.4 Å². The van der Waals surface area contributed by atoms with Crippen molar-refractivity contribution < 1.29 is 39.6 Å². The van der Waals surface area contributed by atoms with Gasteiger partial charge in [0.05, 0.1) is 19.6 Å². The predicted octanol–water partition coefficient (Wildman–Crippen LogP) is 0.0821. The van der Waals surface area contributed by atoms with Crippen LogP contribution in [0.2, 0.25) is 0 Å². The number of hydrogen-bond donors (Lipinski definition) is 4. The minimum atomic E-state index is -1.98. The molecule has 0 aliphatic heterocycles. The average molecular weight is 439 g/mol. The summed E-state index contributed by atoms with van der Waals surface area (Å²) in [6, 6.07) is 8.32.